The molecule has 8 aromatic rings. The van der Waals surface area contributed by atoms with Gasteiger partial charge >= 0.3 is 11.4 Å². The van der Waals surface area contributed by atoms with Crippen LogP contribution in [0.5, 0.6) is 17.2 Å². The van der Waals surface area contributed by atoms with E-state index in [1.54, 1.807) is 22.4 Å². The smallest absolute Gasteiger partial charge is 0.348 e. The zero-order valence-corrected chi connectivity index (χ0v) is 37.4. The van der Waals surface area contributed by atoms with E-state index in [9.17, 15) is 9.59 Å². The van der Waals surface area contributed by atoms with E-state index >= 15 is 0 Å². The second kappa shape index (κ2) is 20.4. The van der Waals surface area contributed by atoms with Gasteiger partial charge in [0, 0.05) is 27.6 Å². The lowest BCUT2D eigenvalue weighted by Gasteiger charge is -2.15. The van der Waals surface area contributed by atoms with Gasteiger partial charge in [-0.1, -0.05) is 94.1 Å². The van der Waals surface area contributed by atoms with E-state index in [1.807, 2.05) is 97.9 Å². The Balaban J connectivity index is 0.000000194. The van der Waals surface area contributed by atoms with Crippen LogP contribution in [0.4, 0.5) is 0 Å². The van der Waals surface area contributed by atoms with Gasteiger partial charge in [0.1, 0.15) is 30.5 Å². The SMILES string of the molecule is C#CCOc1ccc2c(c1)c(-c1ccc(C(C)C)cc1)nc(=O)n2Cc1ccc(OC)cn1.C#CCOc1ccc2c(c1)c(-c1ccc(C(C)C)cc1)nc(=O)n2Cc1cccc(C)n1. The van der Waals surface area contributed by atoms with Crippen LogP contribution in [0.25, 0.3) is 44.3 Å². The number of hydrogen-bond donors (Lipinski definition) is 0. The van der Waals surface area contributed by atoms with Gasteiger partial charge in [-0.05, 0) is 90.6 Å². The van der Waals surface area contributed by atoms with Crippen LogP contribution >= 0.6 is 0 Å². The fourth-order valence-corrected chi connectivity index (χ4v) is 7.38. The largest absolute Gasteiger partial charge is 0.495 e. The molecule has 0 unspecified atom stereocenters. The Labute approximate surface area is 378 Å². The first-order valence-electron chi connectivity index (χ1n) is 21.3. The molecule has 11 heteroatoms. The maximum absolute atomic E-state index is 13.1. The van der Waals surface area contributed by atoms with E-state index in [1.165, 1.54) is 11.1 Å². The highest BCUT2D eigenvalue weighted by atomic mass is 16.5. The third-order valence-corrected chi connectivity index (χ3v) is 10.9. The molecule has 0 radical (unpaired) electrons. The van der Waals surface area contributed by atoms with Crippen LogP contribution in [0, 0.1) is 31.6 Å². The van der Waals surface area contributed by atoms with Gasteiger partial charge in [0.15, 0.2) is 0 Å². The number of aromatic nitrogens is 6. The third kappa shape index (κ3) is 10.6. The summed E-state index contributed by atoms with van der Waals surface area (Å²) in [6.45, 7) is 11.5. The molecule has 0 saturated heterocycles. The number of aryl methyl sites for hydroxylation is 1. The summed E-state index contributed by atoms with van der Waals surface area (Å²) >= 11 is 0. The first-order valence-corrected chi connectivity index (χ1v) is 21.3. The van der Waals surface area contributed by atoms with E-state index in [0.29, 0.717) is 47.0 Å². The van der Waals surface area contributed by atoms with Crippen molar-refractivity contribution in [3.63, 3.8) is 0 Å². The van der Waals surface area contributed by atoms with Gasteiger partial charge in [-0.25, -0.2) is 9.59 Å². The molecular formula is C54H50N6O5. The lowest BCUT2D eigenvalue weighted by atomic mass is 9.99. The van der Waals surface area contributed by atoms with Gasteiger partial charge in [-0.2, -0.15) is 9.97 Å². The maximum atomic E-state index is 13.1. The fraction of sp³-hybridized carbons (Fsp3) is 0.222. The molecule has 0 aliphatic carbocycles. The summed E-state index contributed by atoms with van der Waals surface area (Å²) < 4.78 is 19.7. The minimum atomic E-state index is -0.347. The van der Waals surface area contributed by atoms with Crippen LogP contribution in [-0.4, -0.2) is 49.4 Å². The average Bonchev–Trinajstić information content (AvgIpc) is 3.32. The van der Waals surface area contributed by atoms with Crippen LogP contribution in [0.1, 0.15) is 67.7 Å². The molecule has 0 N–H and O–H groups in total. The third-order valence-electron chi connectivity index (χ3n) is 10.9. The molecule has 0 amide bonds. The van der Waals surface area contributed by atoms with Crippen molar-refractivity contribution >= 4 is 21.8 Å². The van der Waals surface area contributed by atoms with Crippen LogP contribution in [0.3, 0.4) is 0 Å². The van der Waals surface area contributed by atoms with E-state index in [4.69, 9.17) is 27.1 Å². The Morgan fingerprint density at radius 2 is 1.06 bits per heavy atom. The van der Waals surface area contributed by atoms with Crippen LogP contribution in [0.15, 0.2) is 131 Å². The van der Waals surface area contributed by atoms with Crippen molar-refractivity contribution in [3.05, 3.63) is 171 Å². The molecule has 0 spiro atoms. The number of ether oxygens (including phenoxy) is 3. The van der Waals surface area contributed by atoms with E-state index in [0.717, 1.165) is 50.0 Å². The first kappa shape index (κ1) is 45.0. The number of benzene rings is 4. The minimum Gasteiger partial charge on any atom is -0.495 e. The number of fused-ring (bicyclic) bond motifs is 2. The molecule has 11 nitrogen and oxygen atoms in total. The van der Waals surface area contributed by atoms with Gasteiger partial charge in [0.25, 0.3) is 0 Å². The zero-order valence-electron chi connectivity index (χ0n) is 37.4. The predicted molar refractivity (Wildman–Crippen MR) is 258 cm³/mol. The highest BCUT2D eigenvalue weighted by Crippen LogP contribution is 2.32. The summed E-state index contributed by atoms with van der Waals surface area (Å²) in [4.78, 5) is 44.1. The molecule has 0 bridgehead atoms. The Morgan fingerprint density at radius 3 is 1.48 bits per heavy atom. The highest BCUT2D eigenvalue weighted by Gasteiger charge is 2.17. The topological polar surface area (TPSA) is 123 Å². The van der Waals surface area contributed by atoms with Gasteiger partial charge in [-0.3, -0.25) is 19.1 Å². The summed E-state index contributed by atoms with van der Waals surface area (Å²) in [7, 11) is 1.59. The Bertz CT molecular complexity index is 3160. The van der Waals surface area contributed by atoms with Gasteiger partial charge < -0.3 is 14.2 Å². The number of methoxy groups -OCH3 is 1. The summed E-state index contributed by atoms with van der Waals surface area (Å²) in [5.41, 5.74) is 8.70. The Kier molecular flexibility index (Phi) is 14.2. The van der Waals surface area contributed by atoms with Crippen LogP contribution in [-0.2, 0) is 13.1 Å². The lowest BCUT2D eigenvalue weighted by molar-refractivity contribution is 0.371. The van der Waals surface area contributed by atoms with Crippen molar-refractivity contribution in [3.8, 4) is 64.5 Å². The van der Waals surface area contributed by atoms with Crippen molar-refractivity contribution in [2.45, 2.75) is 59.5 Å². The van der Waals surface area contributed by atoms with Crippen LogP contribution < -0.4 is 25.6 Å². The first-order chi connectivity index (χ1) is 31.5. The molecule has 0 atom stereocenters. The molecule has 4 aromatic carbocycles. The molecule has 65 heavy (non-hydrogen) atoms. The lowest BCUT2D eigenvalue weighted by Crippen LogP contribution is -2.25. The molecule has 0 fully saturated rings. The Morgan fingerprint density at radius 1 is 0.585 bits per heavy atom. The molecule has 0 aliphatic heterocycles. The number of pyridine rings is 2. The predicted octanol–water partition coefficient (Wildman–Crippen LogP) is 9.60. The molecule has 4 heterocycles. The normalized spacial score (nSPS) is 10.9. The molecule has 4 aromatic heterocycles. The van der Waals surface area contributed by atoms with Crippen molar-refractivity contribution in [1.29, 1.82) is 0 Å². The fourth-order valence-electron chi connectivity index (χ4n) is 7.38. The number of hydrogen-bond acceptors (Lipinski definition) is 9. The van der Waals surface area contributed by atoms with Gasteiger partial charge in [0.05, 0.1) is 60.2 Å². The molecule has 8 rings (SSSR count). The minimum absolute atomic E-state index is 0.159. The van der Waals surface area contributed by atoms with Crippen molar-refractivity contribution in [2.24, 2.45) is 0 Å². The zero-order chi connectivity index (χ0) is 46.0. The van der Waals surface area contributed by atoms with Crippen molar-refractivity contribution in [1.82, 2.24) is 29.1 Å². The van der Waals surface area contributed by atoms with E-state index in [-0.39, 0.29) is 31.1 Å². The quantitative estimate of drug-likeness (QED) is 0.104. The molecule has 0 saturated carbocycles. The number of terminal acetylenes is 2. The maximum Gasteiger partial charge on any atom is 0.348 e. The average molecular weight is 863 g/mol. The molecular weight excluding hydrogens is 813 g/mol. The second-order valence-electron chi connectivity index (χ2n) is 16.0. The van der Waals surface area contributed by atoms with Gasteiger partial charge in [0.2, 0.25) is 0 Å². The molecule has 0 aliphatic rings. The van der Waals surface area contributed by atoms with Gasteiger partial charge in [-0.15, -0.1) is 12.8 Å². The summed E-state index contributed by atoms with van der Waals surface area (Å²) in [6.07, 6.45) is 12.3. The highest BCUT2D eigenvalue weighted by molar-refractivity contribution is 5.94. The van der Waals surface area contributed by atoms with E-state index < -0.39 is 0 Å². The summed E-state index contributed by atoms with van der Waals surface area (Å²) in [6, 6.07) is 36.9. The standard InChI is InChI=1S/C27H25N3O3.C27H25N3O2/c1-5-14-33-22-12-13-25-24(15-22)26(20-8-6-19(7-9-20)18(2)3)29-27(31)30(25)17-21-10-11-23(32-4)16-28-21;1-5-15-32-23-13-14-25-24(16-23)26(21-11-9-20(10-12-21)18(2)3)29-27(31)30(25)17-22-8-6-7-19(4)28-22/h1,6-13,15-16,18H,14,17H2,2-4H3;1,6-14,16,18H,15,17H2,2-4H3. The number of rotatable bonds is 13. The Hall–Kier alpha value is -8.02. The van der Waals surface area contributed by atoms with E-state index in [2.05, 4.69) is 83.7 Å². The monoisotopic (exact) mass is 862 g/mol. The van der Waals surface area contributed by atoms with Crippen LogP contribution in [0.2, 0.25) is 0 Å². The van der Waals surface area contributed by atoms with Crippen molar-refractivity contribution in [2.75, 3.05) is 20.3 Å². The van der Waals surface area contributed by atoms with Crippen molar-refractivity contribution < 1.29 is 14.2 Å². The molecule has 326 valence electrons. The summed E-state index contributed by atoms with van der Waals surface area (Å²) in [5, 5.41) is 1.62. The number of nitrogens with zero attached hydrogens (tertiary/aromatic N) is 6. The second-order valence-corrected chi connectivity index (χ2v) is 16.0. The summed E-state index contributed by atoms with van der Waals surface area (Å²) in [5.74, 6) is 7.71.